The first-order valence-corrected chi connectivity index (χ1v) is 4.82. The summed E-state index contributed by atoms with van der Waals surface area (Å²) in [5.74, 6) is -0.762. The van der Waals surface area contributed by atoms with Crippen molar-refractivity contribution in [2.24, 2.45) is 0 Å². The van der Waals surface area contributed by atoms with Gasteiger partial charge in [-0.3, -0.25) is 10.1 Å². The van der Waals surface area contributed by atoms with E-state index < -0.39 is 10.7 Å². The standard InChI is InChI=1S/C10H12FNO4/c11-9-7-8(12(14)15)3-4-10(9)16-6-2-1-5-13/h3-4,7,13H,1-2,5-6H2. The Labute approximate surface area is 91.6 Å². The second kappa shape index (κ2) is 6.02. The Kier molecular flexibility index (Phi) is 4.65. The highest BCUT2D eigenvalue weighted by Crippen LogP contribution is 2.22. The molecule has 88 valence electrons. The van der Waals surface area contributed by atoms with E-state index in [2.05, 4.69) is 0 Å². The quantitative estimate of drug-likeness (QED) is 0.459. The third-order valence-electron chi connectivity index (χ3n) is 1.94. The molecule has 0 aliphatic rings. The van der Waals surface area contributed by atoms with Crippen molar-refractivity contribution in [1.29, 1.82) is 0 Å². The first kappa shape index (κ1) is 12.4. The Bertz CT molecular complexity index is 370. The van der Waals surface area contributed by atoms with E-state index in [0.29, 0.717) is 12.8 Å². The Hall–Kier alpha value is -1.69. The van der Waals surface area contributed by atoms with Gasteiger partial charge in [-0.1, -0.05) is 0 Å². The van der Waals surface area contributed by atoms with E-state index in [1.54, 1.807) is 0 Å². The zero-order chi connectivity index (χ0) is 12.0. The van der Waals surface area contributed by atoms with Crippen LogP contribution in [-0.4, -0.2) is 23.2 Å². The maximum Gasteiger partial charge on any atom is 0.272 e. The summed E-state index contributed by atoms with van der Waals surface area (Å²) in [5.41, 5.74) is -0.305. The fraction of sp³-hybridized carbons (Fsp3) is 0.400. The number of halogens is 1. The maximum absolute atomic E-state index is 13.2. The first-order chi connectivity index (χ1) is 7.65. The van der Waals surface area contributed by atoms with Crippen LogP contribution in [0.25, 0.3) is 0 Å². The van der Waals surface area contributed by atoms with Gasteiger partial charge in [0, 0.05) is 12.7 Å². The number of non-ortho nitro benzene ring substituents is 1. The number of nitro groups is 1. The van der Waals surface area contributed by atoms with Gasteiger partial charge >= 0.3 is 0 Å². The molecule has 6 heteroatoms. The Morgan fingerprint density at radius 2 is 2.19 bits per heavy atom. The lowest BCUT2D eigenvalue weighted by Crippen LogP contribution is -2.00. The molecule has 0 unspecified atom stereocenters. The van der Waals surface area contributed by atoms with Gasteiger partial charge in [0.2, 0.25) is 0 Å². The molecule has 0 atom stereocenters. The smallest absolute Gasteiger partial charge is 0.272 e. The molecule has 16 heavy (non-hydrogen) atoms. The van der Waals surface area contributed by atoms with Crippen LogP contribution in [0.15, 0.2) is 18.2 Å². The van der Waals surface area contributed by atoms with Crippen molar-refractivity contribution in [1.82, 2.24) is 0 Å². The van der Waals surface area contributed by atoms with Crippen molar-refractivity contribution in [3.8, 4) is 5.75 Å². The van der Waals surface area contributed by atoms with Crippen LogP contribution in [0.4, 0.5) is 10.1 Å². The fourth-order valence-corrected chi connectivity index (χ4v) is 1.12. The monoisotopic (exact) mass is 229 g/mol. The second-order valence-corrected chi connectivity index (χ2v) is 3.15. The summed E-state index contributed by atoms with van der Waals surface area (Å²) in [6.07, 6.45) is 1.18. The summed E-state index contributed by atoms with van der Waals surface area (Å²) in [4.78, 5) is 9.67. The number of aliphatic hydroxyl groups excluding tert-OH is 1. The minimum absolute atomic E-state index is 0.0106. The molecule has 0 saturated carbocycles. The number of rotatable bonds is 6. The molecule has 0 aliphatic heterocycles. The molecule has 5 nitrogen and oxygen atoms in total. The number of nitrogens with zero attached hydrogens (tertiary/aromatic N) is 1. The van der Waals surface area contributed by atoms with E-state index in [9.17, 15) is 14.5 Å². The number of aliphatic hydroxyl groups is 1. The Morgan fingerprint density at radius 3 is 2.75 bits per heavy atom. The largest absolute Gasteiger partial charge is 0.491 e. The molecule has 0 bridgehead atoms. The van der Waals surface area contributed by atoms with Crippen LogP contribution in [0.5, 0.6) is 5.75 Å². The van der Waals surface area contributed by atoms with E-state index >= 15 is 0 Å². The summed E-state index contributed by atoms with van der Waals surface area (Å²) >= 11 is 0. The SMILES string of the molecule is O=[N+]([O-])c1ccc(OCCCCO)c(F)c1. The number of unbranched alkanes of at least 4 members (excludes halogenated alkanes) is 1. The van der Waals surface area contributed by atoms with Gasteiger partial charge in [0.1, 0.15) is 0 Å². The Balaban J connectivity index is 2.57. The number of nitro benzene ring substituents is 1. The first-order valence-electron chi connectivity index (χ1n) is 4.82. The van der Waals surface area contributed by atoms with Crippen LogP contribution in [0, 0.1) is 15.9 Å². The van der Waals surface area contributed by atoms with Crippen LogP contribution in [0.1, 0.15) is 12.8 Å². The molecule has 1 N–H and O–H groups in total. The third-order valence-corrected chi connectivity index (χ3v) is 1.94. The van der Waals surface area contributed by atoms with Gasteiger partial charge in [0.25, 0.3) is 5.69 Å². The van der Waals surface area contributed by atoms with E-state index in [1.807, 2.05) is 0 Å². The van der Waals surface area contributed by atoms with Crippen LogP contribution in [0.3, 0.4) is 0 Å². The van der Waals surface area contributed by atoms with Crippen molar-refractivity contribution >= 4 is 5.69 Å². The van der Waals surface area contributed by atoms with Gasteiger partial charge in [-0.15, -0.1) is 0 Å². The minimum Gasteiger partial charge on any atom is -0.491 e. The number of hydrogen-bond donors (Lipinski definition) is 1. The lowest BCUT2D eigenvalue weighted by atomic mass is 10.3. The van der Waals surface area contributed by atoms with Crippen molar-refractivity contribution in [2.75, 3.05) is 13.2 Å². The summed E-state index contributed by atoms with van der Waals surface area (Å²) in [6, 6.07) is 3.23. The van der Waals surface area contributed by atoms with Gasteiger partial charge < -0.3 is 9.84 Å². The highest BCUT2D eigenvalue weighted by atomic mass is 19.1. The fourth-order valence-electron chi connectivity index (χ4n) is 1.12. The van der Waals surface area contributed by atoms with Gasteiger partial charge in [-0.2, -0.15) is 0 Å². The molecule has 0 radical (unpaired) electrons. The summed E-state index contributed by atoms with van der Waals surface area (Å²) in [6.45, 7) is 0.335. The van der Waals surface area contributed by atoms with Crippen molar-refractivity contribution in [2.45, 2.75) is 12.8 Å². The van der Waals surface area contributed by atoms with Crippen LogP contribution in [0.2, 0.25) is 0 Å². The summed E-state index contributed by atoms with van der Waals surface area (Å²) in [5, 5.41) is 18.8. The number of ether oxygens (including phenoxy) is 1. The number of benzene rings is 1. The lowest BCUT2D eigenvalue weighted by molar-refractivity contribution is -0.385. The molecule has 0 saturated heterocycles. The van der Waals surface area contributed by atoms with Gasteiger partial charge in [0.15, 0.2) is 11.6 Å². The van der Waals surface area contributed by atoms with Crippen molar-refractivity contribution < 1.29 is 19.2 Å². The second-order valence-electron chi connectivity index (χ2n) is 3.15. The zero-order valence-electron chi connectivity index (χ0n) is 8.56. The van der Waals surface area contributed by atoms with Crippen LogP contribution < -0.4 is 4.74 Å². The van der Waals surface area contributed by atoms with Crippen molar-refractivity contribution in [3.63, 3.8) is 0 Å². The molecule has 0 heterocycles. The number of hydrogen-bond acceptors (Lipinski definition) is 4. The molecular weight excluding hydrogens is 217 g/mol. The molecule has 0 aromatic heterocycles. The highest BCUT2D eigenvalue weighted by molar-refractivity contribution is 5.37. The van der Waals surface area contributed by atoms with Crippen LogP contribution >= 0.6 is 0 Å². The molecule has 0 fully saturated rings. The van der Waals surface area contributed by atoms with E-state index in [0.717, 1.165) is 6.07 Å². The minimum atomic E-state index is -0.752. The average molecular weight is 229 g/mol. The molecular formula is C10H12FNO4. The van der Waals surface area contributed by atoms with E-state index in [1.165, 1.54) is 12.1 Å². The topological polar surface area (TPSA) is 72.6 Å². The molecule has 1 aromatic rings. The van der Waals surface area contributed by atoms with Gasteiger partial charge in [0.05, 0.1) is 17.6 Å². The Morgan fingerprint density at radius 1 is 1.44 bits per heavy atom. The van der Waals surface area contributed by atoms with Gasteiger partial charge in [-0.05, 0) is 18.9 Å². The summed E-state index contributed by atoms with van der Waals surface area (Å²) < 4.78 is 18.3. The normalized spacial score (nSPS) is 10.1. The van der Waals surface area contributed by atoms with Gasteiger partial charge in [-0.25, -0.2) is 4.39 Å². The third kappa shape index (κ3) is 3.47. The maximum atomic E-state index is 13.2. The van der Waals surface area contributed by atoms with Crippen molar-refractivity contribution in [3.05, 3.63) is 34.1 Å². The average Bonchev–Trinajstić information content (AvgIpc) is 2.26. The molecule has 0 amide bonds. The van der Waals surface area contributed by atoms with E-state index in [-0.39, 0.29) is 24.7 Å². The molecule has 0 spiro atoms. The predicted molar refractivity (Wildman–Crippen MR) is 54.9 cm³/mol. The summed E-state index contributed by atoms with van der Waals surface area (Å²) in [7, 11) is 0. The zero-order valence-corrected chi connectivity index (χ0v) is 8.56. The molecule has 1 aromatic carbocycles. The lowest BCUT2D eigenvalue weighted by Gasteiger charge is -2.05. The molecule has 0 aliphatic carbocycles. The van der Waals surface area contributed by atoms with E-state index in [4.69, 9.17) is 9.84 Å². The highest BCUT2D eigenvalue weighted by Gasteiger charge is 2.11. The molecule has 1 rings (SSSR count). The predicted octanol–water partition coefficient (Wildman–Crippen LogP) is 1.89. The van der Waals surface area contributed by atoms with Crippen LogP contribution in [-0.2, 0) is 0 Å².